The van der Waals surface area contributed by atoms with Gasteiger partial charge in [-0.2, -0.15) is 18.3 Å². The summed E-state index contributed by atoms with van der Waals surface area (Å²) in [4.78, 5) is 33.4. The summed E-state index contributed by atoms with van der Waals surface area (Å²) in [6.07, 6.45) is -0.794. The summed E-state index contributed by atoms with van der Waals surface area (Å²) in [7, 11) is 0. The summed E-state index contributed by atoms with van der Waals surface area (Å²) in [5.41, 5.74) is 0.808. The molecule has 0 aliphatic carbocycles. The monoisotopic (exact) mass is 474 g/mol. The van der Waals surface area contributed by atoms with Gasteiger partial charge in [0.1, 0.15) is 11.3 Å². The van der Waals surface area contributed by atoms with Gasteiger partial charge in [-0.3, -0.25) is 19.0 Å². The van der Waals surface area contributed by atoms with Crippen LogP contribution in [0.15, 0.2) is 40.1 Å². The maximum Gasteiger partial charge on any atom is 0.416 e. The van der Waals surface area contributed by atoms with E-state index in [-0.39, 0.29) is 11.2 Å². The van der Waals surface area contributed by atoms with Crippen molar-refractivity contribution in [3.63, 3.8) is 0 Å². The fourth-order valence-electron chi connectivity index (χ4n) is 4.02. The van der Waals surface area contributed by atoms with Gasteiger partial charge in [-0.15, -0.1) is 0 Å². The number of nitrogens with zero attached hydrogens (tertiary/aromatic N) is 4. The van der Waals surface area contributed by atoms with Gasteiger partial charge in [-0.25, -0.2) is 9.78 Å². The molecule has 8 nitrogen and oxygen atoms in total. The Labute approximate surface area is 192 Å². The normalized spacial score (nSPS) is 12.0. The molecule has 34 heavy (non-hydrogen) atoms. The Morgan fingerprint density at radius 3 is 2.47 bits per heavy atom. The van der Waals surface area contributed by atoms with Gasteiger partial charge in [0.15, 0.2) is 5.65 Å². The Bertz CT molecular complexity index is 1430. The van der Waals surface area contributed by atoms with Crippen molar-refractivity contribution < 1.29 is 13.2 Å². The second-order valence-corrected chi connectivity index (χ2v) is 8.14. The van der Waals surface area contributed by atoms with Crippen LogP contribution in [0.4, 0.5) is 13.2 Å². The average Bonchev–Trinajstić information content (AvgIpc) is 3.45. The highest BCUT2D eigenvalue weighted by Gasteiger charge is 2.30. The van der Waals surface area contributed by atoms with E-state index < -0.39 is 23.0 Å². The van der Waals surface area contributed by atoms with Crippen molar-refractivity contribution in [1.82, 2.24) is 29.3 Å². The number of aromatic nitrogens is 6. The molecule has 0 aliphatic heterocycles. The fraction of sp³-hybridized carbons (Fsp3) is 0.391. The third kappa shape index (κ3) is 4.42. The number of aromatic amines is 2. The van der Waals surface area contributed by atoms with Crippen LogP contribution in [0.1, 0.15) is 43.5 Å². The van der Waals surface area contributed by atoms with E-state index in [1.807, 2.05) is 13.8 Å². The summed E-state index contributed by atoms with van der Waals surface area (Å²) >= 11 is 0. The minimum absolute atomic E-state index is 0.238. The topological polar surface area (TPSA) is 101 Å². The van der Waals surface area contributed by atoms with E-state index in [0.29, 0.717) is 61.4 Å². The highest BCUT2D eigenvalue weighted by atomic mass is 19.4. The molecule has 3 aromatic heterocycles. The number of halogens is 3. The van der Waals surface area contributed by atoms with Gasteiger partial charge >= 0.3 is 11.9 Å². The summed E-state index contributed by atoms with van der Waals surface area (Å²) in [5, 5.41) is 6.94. The van der Waals surface area contributed by atoms with E-state index in [0.717, 1.165) is 12.1 Å². The van der Waals surface area contributed by atoms with Crippen LogP contribution in [0, 0.1) is 0 Å². The Hall–Kier alpha value is -3.63. The molecule has 0 unspecified atom stereocenters. The van der Waals surface area contributed by atoms with Crippen LogP contribution in [0.25, 0.3) is 22.6 Å². The molecule has 2 N–H and O–H groups in total. The second kappa shape index (κ2) is 9.32. The Balaban J connectivity index is 1.70. The minimum Gasteiger partial charge on any atom is -0.332 e. The predicted octanol–water partition coefficient (Wildman–Crippen LogP) is 3.90. The van der Waals surface area contributed by atoms with Gasteiger partial charge in [0.25, 0.3) is 5.56 Å². The standard InChI is InChI=1S/C23H25F3N6O2/c1-3-10-31-20-18(21(33)32(11-4-2)22(31)34)28-19(29-20)16-13-27-30-17(16)9-8-14-6-5-7-15(12-14)23(24,25)26/h5-7,12-13H,3-4,8-11H2,1-2H3,(H,27,30)(H,28,29). The number of rotatable bonds is 8. The summed E-state index contributed by atoms with van der Waals surface area (Å²) < 4.78 is 41.7. The van der Waals surface area contributed by atoms with Crippen molar-refractivity contribution >= 4 is 11.2 Å². The Morgan fingerprint density at radius 2 is 1.76 bits per heavy atom. The van der Waals surface area contributed by atoms with Crippen LogP contribution in [0.3, 0.4) is 0 Å². The van der Waals surface area contributed by atoms with Crippen LogP contribution < -0.4 is 11.2 Å². The molecule has 4 rings (SSSR count). The maximum atomic E-state index is 13.0. The van der Waals surface area contributed by atoms with E-state index in [2.05, 4.69) is 20.2 Å². The molecule has 180 valence electrons. The van der Waals surface area contributed by atoms with Crippen molar-refractivity contribution in [2.45, 2.75) is 58.8 Å². The number of aryl methyl sites for hydroxylation is 3. The smallest absolute Gasteiger partial charge is 0.332 e. The van der Waals surface area contributed by atoms with Gasteiger partial charge in [0.05, 0.1) is 17.3 Å². The first-order valence-electron chi connectivity index (χ1n) is 11.2. The zero-order valence-electron chi connectivity index (χ0n) is 18.9. The molecule has 0 spiro atoms. The second-order valence-electron chi connectivity index (χ2n) is 8.14. The number of H-pyrrole nitrogens is 2. The van der Waals surface area contributed by atoms with Crippen LogP contribution in [-0.2, 0) is 32.1 Å². The molecular weight excluding hydrogens is 449 g/mol. The highest BCUT2D eigenvalue weighted by molar-refractivity contribution is 5.76. The average molecular weight is 474 g/mol. The van der Waals surface area contributed by atoms with E-state index in [9.17, 15) is 22.8 Å². The first-order chi connectivity index (χ1) is 16.2. The van der Waals surface area contributed by atoms with Crippen LogP contribution in [0.5, 0.6) is 0 Å². The minimum atomic E-state index is -4.40. The predicted molar refractivity (Wildman–Crippen MR) is 122 cm³/mol. The number of benzene rings is 1. The molecule has 0 aliphatic rings. The SMILES string of the molecule is CCCn1c(=O)c2[nH]c(-c3cn[nH]c3CCc3cccc(C(F)(F)F)c3)nc2n(CCC)c1=O. The summed E-state index contributed by atoms with van der Waals surface area (Å²) in [5.74, 6) is 0.374. The van der Waals surface area contributed by atoms with Crippen molar-refractivity contribution in [3.05, 3.63) is 68.1 Å². The van der Waals surface area contributed by atoms with Crippen LogP contribution in [0.2, 0.25) is 0 Å². The quantitative estimate of drug-likeness (QED) is 0.404. The number of hydrogen-bond acceptors (Lipinski definition) is 4. The summed E-state index contributed by atoms with van der Waals surface area (Å²) in [6, 6.07) is 5.21. The first-order valence-corrected chi connectivity index (χ1v) is 11.2. The third-order valence-corrected chi connectivity index (χ3v) is 5.65. The van der Waals surface area contributed by atoms with Gasteiger partial charge in [0, 0.05) is 18.8 Å². The fourth-order valence-corrected chi connectivity index (χ4v) is 4.02. The molecule has 0 bridgehead atoms. The number of nitrogens with one attached hydrogen (secondary N) is 2. The lowest BCUT2D eigenvalue weighted by Crippen LogP contribution is -2.40. The van der Waals surface area contributed by atoms with Crippen LogP contribution in [-0.4, -0.2) is 29.3 Å². The van der Waals surface area contributed by atoms with Crippen molar-refractivity contribution in [3.8, 4) is 11.4 Å². The molecule has 0 atom stereocenters. The lowest BCUT2D eigenvalue weighted by atomic mass is 10.0. The zero-order chi connectivity index (χ0) is 24.5. The first kappa shape index (κ1) is 23.5. The molecule has 4 aromatic rings. The molecule has 0 amide bonds. The maximum absolute atomic E-state index is 13.0. The van der Waals surface area contributed by atoms with Gasteiger partial charge in [-0.05, 0) is 37.3 Å². The number of alkyl halides is 3. The molecule has 0 radical (unpaired) electrons. The van der Waals surface area contributed by atoms with E-state index >= 15 is 0 Å². The number of fused-ring (bicyclic) bond motifs is 1. The van der Waals surface area contributed by atoms with Crippen LogP contribution >= 0.6 is 0 Å². The third-order valence-electron chi connectivity index (χ3n) is 5.65. The van der Waals surface area contributed by atoms with Gasteiger partial charge < -0.3 is 4.98 Å². The molecule has 0 saturated carbocycles. The van der Waals surface area contributed by atoms with E-state index in [1.54, 1.807) is 12.3 Å². The van der Waals surface area contributed by atoms with Crippen molar-refractivity contribution in [2.75, 3.05) is 0 Å². The Morgan fingerprint density at radius 1 is 1.03 bits per heavy atom. The molecular formula is C23H25F3N6O2. The van der Waals surface area contributed by atoms with Gasteiger partial charge in [-0.1, -0.05) is 32.0 Å². The molecule has 1 aromatic carbocycles. The molecule has 3 heterocycles. The largest absolute Gasteiger partial charge is 0.416 e. The lowest BCUT2D eigenvalue weighted by molar-refractivity contribution is -0.137. The van der Waals surface area contributed by atoms with E-state index in [4.69, 9.17) is 0 Å². The molecule has 11 heteroatoms. The number of hydrogen-bond donors (Lipinski definition) is 2. The Kier molecular flexibility index (Phi) is 6.45. The van der Waals surface area contributed by atoms with Crippen molar-refractivity contribution in [1.29, 1.82) is 0 Å². The zero-order valence-corrected chi connectivity index (χ0v) is 18.9. The highest BCUT2D eigenvalue weighted by Crippen LogP contribution is 2.30. The van der Waals surface area contributed by atoms with Gasteiger partial charge in [0.2, 0.25) is 0 Å². The number of imidazole rings is 1. The molecule has 0 saturated heterocycles. The lowest BCUT2D eigenvalue weighted by Gasteiger charge is -2.09. The van der Waals surface area contributed by atoms with Crippen molar-refractivity contribution in [2.24, 2.45) is 0 Å². The van der Waals surface area contributed by atoms with E-state index in [1.165, 1.54) is 15.2 Å². The molecule has 0 fully saturated rings. The summed E-state index contributed by atoms with van der Waals surface area (Å²) in [6.45, 7) is 4.54.